The van der Waals surface area contributed by atoms with E-state index in [1.54, 1.807) is 0 Å². The molecule has 0 bridgehead atoms. The molecule has 0 aliphatic heterocycles. The largest absolute Gasteiger partial charge is 0.456 e. The maximum absolute atomic E-state index is 6.44. The predicted molar refractivity (Wildman–Crippen MR) is 239 cm³/mol. The summed E-state index contributed by atoms with van der Waals surface area (Å²) in [7, 11) is 0. The first kappa shape index (κ1) is 32.4. The summed E-state index contributed by atoms with van der Waals surface area (Å²) < 4.78 is 15.0. The number of nitrogens with zero attached hydrogens (tertiary/aromatic N) is 3. The van der Waals surface area contributed by atoms with Gasteiger partial charge in [0.25, 0.3) is 0 Å². The molecule has 0 aliphatic rings. The minimum Gasteiger partial charge on any atom is -0.456 e. The van der Waals surface area contributed by atoms with Gasteiger partial charge in [-0.2, -0.15) is 0 Å². The summed E-state index contributed by atoms with van der Waals surface area (Å²) in [6.07, 6.45) is 0. The van der Waals surface area contributed by atoms with Crippen molar-refractivity contribution < 1.29 is 8.83 Å². The van der Waals surface area contributed by atoms with Crippen molar-refractivity contribution in [3.8, 4) is 28.3 Å². The van der Waals surface area contributed by atoms with Crippen LogP contribution < -0.4 is 4.90 Å². The Morgan fingerprint density at radius 3 is 1.97 bits per heavy atom. The summed E-state index contributed by atoms with van der Waals surface area (Å²) in [5.74, 6) is 0.617. The van der Waals surface area contributed by atoms with Gasteiger partial charge >= 0.3 is 0 Å². The Morgan fingerprint density at radius 1 is 0.397 bits per heavy atom. The van der Waals surface area contributed by atoms with Crippen molar-refractivity contribution in [1.29, 1.82) is 0 Å². The molecule has 0 unspecified atom stereocenters. The minimum atomic E-state index is 0.617. The summed E-state index contributed by atoms with van der Waals surface area (Å²) in [5, 5.41) is 7.07. The van der Waals surface area contributed by atoms with E-state index in [1.807, 2.05) is 48.5 Å². The molecule has 3 aromatic heterocycles. The zero-order chi connectivity index (χ0) is 38.2. The molecule has 0 saturated carbocycles. The molecule has 58 heavy (non-hydrogen) atoms. The lowest BCUT2D eigenvalue weighted by molar-refractivity contribution is 0.620. The Bertz CT molecular complexity index is 3520. The molecule has 0 aliphatic carbocycles. The summed E-state index contributed by atoms with van der Waals surface area (Å²) >= 11 is 0. The van der Waals surface area contributed by atoms with Gasteiger partial charge in [0.15, 0.2) is 5.58 Å². The molecule has 272 valence electrons. The third-order valence-corrected chi connectivity index (χ3v) is 11.4. The third kappa shape index (κ3) is 5.14. The van der Waals surface area contributed by atoms with E-state index < -0.39 is 0 Å². The highest BCUT2D eigenvalue weighted by molar-refractivity contribution is 6.21. The normalized spacial score (nSPS) is 11.8. The zero-order valence-corrected chi connectivity index (χ0v) is 31.2. The number of rotatable bonds is 6. The van der Waals surface area contributed by atoms with Crippen molar-refractivity contribution >= 4 is 82.7 Å². The number of furan rings is 1. The van der Waals surface area contributed by atoms with Gasteiger partial charge in [-0.15, -0.1) is 0 Å². The molecule has 5 heteroatoms. The number of anilines is 3. The fourth-order valence-electron chi connectivity index (χ4n) is 8.72. The molecule has 9 aromatic carbocycles. The highest BCUT2D eigenvalue weighted by Gasteiger charge is 2.20. The average Bonchev–Trinajstić information content (AvgIpc) is 3.99. The van der Waals surface area contributed by atoms with Crippen LogP contribution in [0.5, 0.6) is 0 Å². The number of fused-ring (bicyclic) bond motifs is 9. The Hall–Kier alpha value is -7.89. The van der Waals surface area contributed by atoms with E-state index in [4.69, 9.17) is 13.8 Å². The fourth-order valence-corrected chi connectivity index (χ4v) is 8.72. The second kappa shape index (κ2) is 12.8. The Balaban J connectivity index is 1.03. The van der Waals surface area contributed by atoms with Gasteiger partial charge in [-0.3, -0.25) is 0 Å². The van der Waals surface area contributed by atoms with Crippen molar-refractivity contribution in [2.75, 3.05) is 4.90 Å². The lowest BCUT2D eigenvalue weighted by Gasteiger charge is -2.26. The molecule has 12 rings (SSSR count). The molecule has 0 fully saturated rings. The van der Waals surface area contributed by atoms with Crippen LogP contribution in [0.25, 0.3) is 93.9 Å². The maximum Gasteiger partial charge on any atom is 0.227 e. The summed E-state index contributed by atoms with van der Waals surface area (Å²) in [4.78, 5) is 7.20. The monoisotopic (exact) mass is 743 g/mol. The van der Waals surface area contributed by atoms with Crippen LogP contribution in [-0.2, 0) is 0 Å². The first-order chi connectivity index (χ1) is 28.7. The van der Waals surface area contributed by atoms with Gasteiger partial charge in [0.05, 0.1) is 11.0 Å². The molecule has 3 heterocycles. The second-order valence-corrected chi connectivity index (χ2v) is 14.8. The molecular formula is C53H33N3O2. The van der Waals surface area contributed by atoms with Crippen LogP contribution in [0, 0.1) is 0 Å². The van der Waals surface area contributed by atoms with E-state index in [0.717, 1.165) is 77.9 Å². The van der Waals surface area contributed by atoms with Crippen LogP contribution >= 0.6 is 0 Å². The van der Waals surface area contributed by atoms with E-state index in [-0.39, 0.29) is 0 Å². The standard InChI is InChI=1S/C53H33N3O2/c1-3-12-34(13-4-1)53-54-46-32-36(23-29-50(46)58-53)35-14-11-17-39(30-35)55(41-25-27-44-43-18-8-10-21-49(43)57-51(44)33-41)40-24-26-42-37(31-40)22-28-48-52(42)45-19-7-9-20-47(45)56(48)38-15-5-2-6-16-38/h1-33H. The molecule has 0 radical (unpaired) electrons. The van der Waals surface area contributed by atoms with E-state index in [0.29, 0.717) is 5.89 Å². The van der Waals surface area contributed by atoms with Gasteiger partial charge in [0, 0.05) is 55.9 Å². The Kier molecular flexibility index (Phi) is 7.16. The van der Waals surface area contributed by atoms with Crippen molar-refractivity contribution in [3.05, 3.63) is 200 Å². The van der Waals surface area contributed by atoms with Gasteiger partial charge in [-0.25, -0.2) is 4.98 Å². The van der Waals surface area contributed by atoms with Crippen LogP contribution in [-0.4, -0.2) is 9.55 Å². The minimum absolute atomic E-state index is 0.617. The topological polar surface area (TPSA) is 47.3 Å². The van der Waals surface area contributed by atoms with Crippen LogP contribution in [0.3, 0.4) is 0 Å². The molecule has 12 aromatic rings. The number of benzene rings is 9. The van der Waals surface area contributed by atoms with Crippen LogP contribution in [0.2, 0.25) is 0 Å². The molecule has 0 saturated heterocycles. The smallest absolute Gasteiger partial charge is 0.227 e. The number of hydrogen-bond acceptors (Lipinski definition) is 4. The highest BCUT2D eigenvalue weighted by Crippen LogP contribution is 2.43. The third-order valence-electron chi connectivity index (χ3n) is 11.4. The van der Waals surface area contributed by atoms with Crippen LogP contribution in [0.15, 0.2) is 209 Å². The van der Waals surface area contributed by atoms with Gasteiger partial charge in [-0.05, 0) is 113 Å². The first-order valence-electron chi connectivity index (χ1n) is 19.5. The molecule has 0 amide bonds. The quantitative estimate of drug-likeness (QED) is 0.170. The van der Waals surface area contributed by atoms with Crippen LogP contribution in [0.4, 0.5) is 17.1 Å². The SMILES string of the molecule is c1ccc(-c2nc3cc(-c4cccc(N(c5ccc6c(ccc7c6c6ccccc6n7-c6ccccc6)c5)c5ccc6c(c5)oc5ccccc56)c4)ccc3o2)cc1. The first-order valence-corrected chi connectivity index (χ1v) is 19.5. The van der Waals surface area contributed by atoms with E-state index in [9.17, 15) is 0 Å². The molecule has 5 nitrogen and oxygen atoms in total. The Morgan fingerprint density at radius 2 is 1.09 bits per heavy atom. The summed E-state index contributed by atoms with van der Waals surface area (Å²) in [5.41, 5.74) is 13.0. The van der Waals surface area contributed by atoms with Crippen molar-refractivity contribution in [1.82, 2.24) is 9.55 Å². The van der Waals surface area contributed by atoms with Gasteiger partial charge in [0.2, 0.25) is 5.89 Å². The van der Waals surface area contributed by atoms with E-state index in [2.05, 4.69) is 161 Å². The number of oxazole rings is 1. The van der Waals surface area contributed by atoms with Crippen molar-refractivity contribution in [2.24, 2.45) is 0 Å². The number of hydrogen-bond donors (Lipinski definition) is 0. The van der Waals surface area contributed by atoms with E-state index >= 15 is 0 Å². The summed E-state index contributed by atoms with van der Waals surface area (Å²) in [6, 6.07) is 70.5. The molecule has 0 N–H and O–H groups in total. The summed E-state index contributed by atoms with van der Waals surface area (Å²) in [6.45, 7) is 0. The second-order valence-electron chi connectivity index (χ2n) is 14.8. The zero-order valence-electron chi connectivity index (χ0n) is 31.2. The lowest BCUT2D eigenvalue weighted by Crippen LogP contribution is -2.10. The highest BCUT2D eigenvalue weighted by atomic mass is 16.3. The molecular weight excluding hydrogens is 711 g/mol. The maximum atomic E-state index is 6.44. The van der Waals surface area contributed by atoms with Crippen LogP contribution in [0.1, 0.15) is 0 Å². The van der Waals surface area contributed by atoms with E-state index in [1.165, 1.54) is 27.2 Å². The Labute approximate surface area is 333 Å². The fraction of sp³-hybridized carbons (Fsp3) is 0. The lowest BCUT2D eigenvalue weighted by atomic mass is 10.0. The van der Waals surface area contributed by atoms with Crippen molar-refractivity contribution in [2.45, 2.75) is 0 Å². The van der Waals surface area contributed by atoms with Gasteiger partial charge < -0.3 is 18.3 Å². The molecule has 0 spiro atoms. The number of aromatic nitrogens is 2. The van der Waals surface area contributed by atoms with Crippen molar-refractivity contribution in [3.63, 3.8) is 0 Å². The van der Waals surface area contributed by atoms with Gasteiger partial charge in [-0.1, -0.05) is 103 Å². The number of para-hydroxylation sites is 3. The average molecular weight is 744 g/mol. The van der Waals surface area contributed by atoms with Gasteiger partial charge in [0.1, 0.15) is 16.7 Å². The predicted octanol–water partition coefficient (Wildman–Crippen LogP) is 14.8. The molecule has 0 atom stereocenters.